The second-order valence-electron chi connectivity index (χ2n) is 7.59. The van der Waals surface area contributed by atoms with Crippen molar-refractivity contribution in [3.05, 3.63) is 35.2 Å². The molecule has 2 aliphatic heterocycles. The average Bonchev–Trinajstić information content (AvgIpc) is 3.26. The Hall–Kier alpha value is -2.29. The highest BCUT2D eigenvalue weighted by Crippen LogP contribution is 2.27. The van der Waals surface area contributed by atoms with Crippen molar-refractivity contribution in [2.24, 2.45) is 0 Å². The third kappa shape index (κ3) is 3.67. The summed E-state index contributed by atoms with van der Waals surface area (Å²) in [7, 11) is 0. The van der Waals surface area contributed by atoms with Gasteiger partial charge in [0.15, 0.2) is 10.8 Å². The molecular formula is C20H21N5O2S. The van der Waals surface area contributed by atoms with Gasteiger partial charge in [-0.1, -0.05) is 11.3 Å². The van der Waals surface area contributed by atoms with Gasteiger partial charge in [0, 0.05) is 36.6 Å². The van der Waals surface area contributed by atoms with Crippen LogP contribution < -0.4 is 0 Å². The van der Waals surface area contributed by atoms with Crippen LogP contribution in [0.3, 0.4) is 0 Å². The van der Waals surface area contributed by atoms with Crippen molar-refractivity contribution in [2.75, 3.05) is 19.6 Å². The highest BCUT2D eigenvalue weighted by molar-refractivity contribution is 7.14. The van der Waals surface area contributed by atoms with Crippen LogP contribution in [0.15, 0.2) is 24.5 Å². The van der Waals surface area contributed by atoms with Crippen LogP contribution in [-0.2, 0) is 16.0 Å². The molecule has 0 N–H and O–H groups in total. The number of nitrogens with zero attached hydrogens (tertiary/aromatic N) is 5. The summed E-state index contributed by atoms with van der Waals surface area (Å²) in [5.74, 6) is 0.196. The van der Waals surface area contributed by atoms with E-state index in [1.807, 2.05) is 19.1 Å². The number of carbonyl (C=O) groups is 1. The summed E-state index contributed by atoms with van der Waals surface area (Å²) >= 11 is 1.52. The molecule has 5 heterocycles. The number of ketones is 1. The highest BCUT2D eigenvalue weighted by atomic mass is 32.1. The Morgan fingerprint density at radius 3 is 2.68 bits per heavy atom. The Balaban J connectivity index is 1.30. The Morgan fingerprint density at radius 2 is 1.93 bits per heavy atom. The minimum absolute atomic E-state index is 0.196. The molecule has 5 rings (SSSR count). The smallest absolute Gasteiger partial charge is 0.166 e. The second-order valence-corrected chi connectivity index (χ2v) is 8.77. The normalized spacial score (nSPS) is 22.0. The monoisotopic (exact) mass is 395 g/mol. The van der Waals surface area contributed by atoms with Crippen molar-refractivity contribution in [1.29, 1.82) is 0 Å². The first kappa shape index (κ1) is 17.8. The summed E-state index contributed by atoms with van der Waals surface area (Å²) in [5, 5.41) is 11.9. The van der Waals surface area contributed by atoms with E-state index in [1.54, 1.807) is 12.4 Å². The fourth-order valence-corrected chi connectivity index (χ4v) is 4.69. The lowest BCUT2D eigenvalue weighted by Gasteiger charge is -2.31. The van der Waals surface area contributed by atoms with Gasteiger partial charge in [0.25, 0.3) is 0 Å². The van der Waals surface area contributed by atoms with Crippen LogP contribution >= 0.6 is 11.3 Å². The number of aryl methyl sites for hydroxylation is 1. The van der Waals surface area contributed by atoms with E-state index in [2.05, 4.69) is 25.1 Å². The van der Waals surface area contributed by atoms with E-state index in [0.717, 1.165) is 58.1 Å². The van der Waals surface area contributed by atoms with Gasteiger partial charge in [0.2, 0.25) is 0 Å². The van der Waals surface area contributed by atoms with Crippen LogP contribution in [0.25, 0.3) is 21.5 Å². The van der Waals surface area contributed by atoms with Gasteiger partial charge in [-0.15, -0.1) is 10.2 Å². The zero-order valence-corrected chi connectivity index (χ0v) is 16.5. The van der Waals surface area contributed by atoms with E-state index in [4.69, 9.17) is 4.74 Å². The van der Waals surface area contributed by atoms with E-state index < -0.39 is 0 Å². The van der Waals surface area contributed by atoms with E-state index in [-0.39, 0.29) is 5.78 Å². The predicted octanol–water partition coefficient (Wildman–Crippen LogP) is 2.43. The van der Waals surface area contributed by atoms with Crippen molar-refractivity contribution in [3.63, 3.8) is 0 Å². The summed E-state index contributed by atoms with van der Waals surface area (Å²) in [6.45, 7) is 4.13. The van der Waals surface area contributed by atoms with Crippen LogP contribution in [0.2, 0.25) is 0 Å². The summed E-state index contributed by atoms with van der Waals surface area (Å²) in [4.78, 5) is 23.7. The lowest BCUT2D eigenvalue weighted by atomic mass is 10.1. The van der Waals surface area contributed by atoms with Gasteiger partial charge < -0.3 is 4.74 Å². The molecule has 2 aliphatic rings. The van der Waals surface area contributed by atoms with Crippen LogP contribution in [0.1, 0.15) is 23.5 Å². The molecule has 0 saturated carbocycles. The van der Waals surface area contributed by atoms with E-state index >= 15 is 0 Å². The lowest BCUT2D eigenvalue weighted by molar-refractivity contribution is -0.122. The Bertz CT molecular complexity index is 1020. The van der Waals surface area contributed by atoms with Gasteiger partial charge in [-0.05, 0) is 37.3 Å². The molecule has 2 atom stereocenters. The van der Waals surface area contributed by atoms with Crippen LogP contribution in [0.5, 0.6) is 0 Å². The van der Waals surface area contributed by atoms with Gasteiger partial charge in [0.05, 0.1) is 25.2 Å². The number of likely N-dealkylation sites (tertiary alicyclic amines) is 1. The molecule has 28 heavy (non-hydrogen) atoms. The molecule has 0 amide bonds. The van der Waals surface area contributed by atoms with E-state index in [9.17, 15) is 4.79 Å². The van der Waals surface area contributed by atoms with Crippen LogP contribution in [0, 0.1) is 6.92 Å². The van der Waals surface area contributed by atoms with Gasteiger partial charge in [-0.2, -0.15) is 0 Å². The number of rotatable bonds is 5. The quantitative estimate of drug-likeness (QED) is 0.656. The van der Waals surface area contributed by atoms with Gasteiger partial charge in [0.1, 0.15) is 10.7 Å². The van der Waals surface area contributed by atoms with E-state index in [1.165, 1.54) is 11.3 Å². The molecule has 2 bridgehead atoms. The minimum atomic E-state index is 0.196. The predicted molar refractivity (Wildman–Crippen MR) is 106 cm³/mol. The number of aromatic nitrogens is 4. The van der Waals surface area contributed by atoms with E-state index in [0.29, 0.717) is 25.2 Å². The number of carbonyl (C=O) groups excluding carboxylic acids is 1. The average molecular weight is 395 g/mol. The zero-order valence-electron chi connectivity index (χ0n) is 15.7. The molecule has 7 nitrogen and oxygen atoms in total. The third-order valence-corrected chi connectivity index (χ3v) is 6.16. The molecule has 2 unspecified atom stereocenters. The molecule has 0 aromatic carbocycles. The maximum Gasteiger partial charge on any atom is 0.166 e. The number of hydrogen-bond acceptors (Lipinski definition) is 8. The van der Waals surface area contributed by atoms with Gasteiger partial charge in [-0.3, -0.25) is 19.7 Å². The molecular weight excluding hydrogens is 374 g/mol. The summed E-state index contributed by atoms with van der Waals surface area (Å²) in [6.07, 6.45) is 6.77. The molecule has 8 heteroatoms. The zero-order chi connectivity index (χ0) is 19.1. The largest absolute Gasteiger partial charge is 0.372 e. The second kappa shape index (κ2) is 7.27. The van der Waals surface area contributed by atoms with Gasteiger partial charge >= 0.3 is 0 Å². The molecule has 2 saturated heterocycles. The molecule has 0 spiro atoms. The molecule has 3 aromatic rings. The SMILES string of the molecule is Cc1nnc(-c2cc3cc(CC(=O)CN4CC5CCC(C4)O5)ncc3cn2)s1. The number of hydrogen-bond donors (Lipinski definition) is 0. The fraction of sp³-hybridized carbons (Fsp3) is 0.450. The Kier molecular flexibility index (Phi) is 4.62. The van der Waals surface area contributed by atoms with Crippen molar-refractivity contribution in [3.8, 4) is 10.7 Å². The van der Waals surface area contributed by atoms with Crippen LogP contribution in [0.4, 0.5) is 0 Å². The number of fused-ring (bicyclic) bond motifs is 3. The van der Waals surface area contributed by atoms with Crippen molar-refractivity contribution >= 4 is 27.9 Å². The topological polar surface area (TPSA) is 81.1 Å². The maximum absolute atomic E-state index is 12.6. The molecule has 3 aromatic heterocycles. The summed E-state index contributed by atoms with van der Waals surface area (Å²) in [6, 6.07) is 3.97. The third-order valence-electron chi connectivity index (χ3n) is 5.30. The van der Waals surface area contributed by atoms with Crippen molar-refractivity contribution in [2.45, 2.75) is 38.4 Å². The number of Topliss-reactive ketones (excluding diaryl/α,β-unsaturated/α-hetero) is 1. The first-order chi connectivity index (χ1) is 13.6. The minimum Gasteiger partial charge on any atom is -0.372 e. The lowest BCUT2D eigenvalue weighted by Crippen LogP contribution is -2.45. The molecule has 2 fully saturated rings. The summed E-state index contributed by atoms with van der Waals surface area (Å²) < 4.78 is 5.84. The van der Waals surface area contributed by atoms with Crippen molar-refractivity contribution in [1.82, 2.24) is 25.1 Å². The van der Waals surface area contributed by atoms with Gasteiger partial charge in [-0.25, -0.2) is 0 Å². The molecule has 0 radical (unpaired) electrons. The van der Waals surface area contributed by atoms with Crippen molar-refractivity contribution < 1.29 is 9.53 Å². The summed E-state index contributed by atoms with van der Waals surface area (Å²) in [5.41, 5.74) is 1.59. The number of morpholine rings is 1. The Labute approximate surface area is 166 Å². The number of ether oxygens (including phenoxy) is 1. The Morgan fingerprint density at radius 1 is 1.14 bits per heavy atom. The first-order valence-electron chi connectivity index (χ1n) is 9.57. The maximum atomic E-state index is 12.6. The fourth-order valence-electron chi connectivity index (χ4n) is 4.03. The highest BCUT2D eigenvalue weighted by Gasteiger charge is 2.34. The number of pyridine rings is 2. The first-order valence-corrected chi connectivity index (χ1v) is 10.4. The standard InChI is InChI=1S/C20H21N5O2S/c1-12-23-24-20(28-12)19-5-13-4-15(21-7-14(13)8-22-19)6-16(26)9-25-10-17-2-3-18(11-25)27-17/h4-5,7-8,17-18H,2-3,6,9-11H2,1H3. The molecule has 144 valence electrons. The van der Waals surface area contributed by atoms with Crippen LogP contribution in [-0.4, -0.2) is 62.7 Å². The molecule has 0 aliphatic carbocycles.